The molecule has 0 bridgehead atoms. The highest BCUT2D eigenvalue weighted by Gasteiger charge is 2.42. The van der Waals surface area contributed by atoms with Gasteiger partial charge in [0.1, 0.15) is 5.82 Å². The smallest absolute Gasteiger partial charge is 0.310 e. The summed E-state index contributed by atoms with van der Waals surface area (Å²) >= 11 is 5.55. The standard InChI is InChI=1S/C14H15ClFNO3/c15-10-4-3-9(7-11(10)16)17-12(18)8-14(13(19)20)5-1-2-6-14/h3-4,7H,1-2,5-6,8H2,(H,17,18)(H,19,20). The van der Waals surface area contributed by atoms with Gasteiger partial charge in [0.2, 0.25) is 5.91 Å². The van der Waals surface area contributed by atoms with E-state index < -0.39 is 23.1 Å². The first-order valence-electron chi connectivity index (χ1n) is 6.41. The Morgan fingerprint density at radius 3 is 2.55 bits per heavy atom. The maximum absolute atomic E-state index is 13.3. The first-order valence-corrected chi connectivity index (χ1v) is 6.79. The Hall–Kier alpha value is -1.62. The molecule has 108 valence electrons. The van der Waals surface area contributed by atoms with E-state index in [1.165, 1.54) is 12.1 Å². The molecule has 0 atom stereocenters. The molecule has 2 N–H and O–H groups in total. The summed E-state index contributed by atoms with van der Waals surface area (Å²) in [5.74, 6) is -1.98. The average molecular weight is 300 g/mol. The van der Waals surface area contributed by atoms with Crippen molar-refractivity contribution in [3.05, 3.63) is 29.0 Å². The number of hydrogen-bond acceptors (Lipinski definition) is 2. The van der Waals surface area contributed by atoms with Crippen molar-refractivity contribution in [2.24, 2.45) is 5.41 Å². The zero-order valence-corrected chi connectivity index (χ0v) is 11.5. The number of nitrogens with one attached hydrogen (secondary N) is 1. The minimum Gasteiger partial charge on any atom is -0.481 e. The summed E-state index contributed by atoms with van der Waals surface area (Å²) < 4.78 is 13.3. The molecule has 1 aliphatic carbocycles. The largest absolute Gasteiger partial charge is 0.481 e. The van der Waals surface area contributed by atoms with E-state index in [-0.39, 0.29) is 17.1 Å². The lowest BCUT2D eigenvalue weighted by atomic mass is 9.82. The predicted molar refractivity (Wildman–Crippen MR) is 73.2 cm³/mol. The monoisotopic (exact) mass is 299 g/mol. The summed E-state index contributed by atoms with van der Waals surface area (Å²) in [5, 5.41) is 11.8. The molecule has 4 nitrogen and oxygen atoms in total. The summed E-state index contributed by atoms with van der Waals surface area (Å²) in [5.41, 5.74) is -0.704. The Morgan fingerprint density at radius 1 is 1.35 bits per heavy atom. The summed E-state index contributed by atoms with van der Waals surface area (Å²) in [6.07, 6.45) is 2.55. The third kappa shape index (κ3) is 3.10. The Bertz CT molecular complexity index is 541. The Labute approximate surface area is 120 Å². The van der Waals surface area contributed by atoms with E-state index in [0.717, 1.165) is 18.9 Å². The van der Waals surface area contributed by atoms with Crippen LogP contribution in [0.2, 0.25) is 5.02 Å². The number of carboxylic acids is 1. The summed E-state index contributed by atoms with van der Waals surface area (Å²) in [6.45, 7) is 0. The van der Waals surface area contributed by atoms with Gasteiger partial charge >= 0.3 is 5.97 Å². The van der Waals surface area contributed by atoms with Crippen molar-refractivity contribution in [3.8, 4) is 0 Å². The van der Waals surface area contributed by atoms with Crippen molar-refractivity contribution in [1.82, 2.24) is 0 Å². The van der Waals surface area contributed by atoms with Gasteiger partial charge in [0, 0.05) is 12.1 Å². The molecule has 0 saturated heterocycles. The molecular weight excluding hydrogens is 285 g/mol. The summed E-state index contributed by atoms with van der Waals surface area (Å²) in [4.78, 5) is 23.3. The topological polar surface area (TPSA) is 66.4 Å². The molecule has 0 aliphatic heterocycles. The number of amides is 1. The van der Waals surface area contributed by atoms with Crippen molar-refractivity contribution in [3.63, 3.8) is 0 Å². The van der Waals surface area contributed by atoms with E-state index >= 15 is 0 Å². The number of aliphatic carboxylic acids is 1. The van der Waals surface area contributed by atoms with Gasteiger partial charge in [-0.2, -0.15) is 0 Å². The van der Waals surface area contributed by atoms with Crippen LogP contribution in [-0.4, -0.2) is 17.0 Å². The second-order valence-electron chi connectivity index (χ2n) is 5.15. The van der Waals surface area contributed by atoms with E-state index in [2.05, 4.69) is 5.32 Å². The maximum atomic E-state index is 13.3. The van der Waals surface area contributed by atoms with E-state index in [4.69, 9.17) is 11.6 Å². The van der Waals surface area contributed by atoms with Gasteiger partial charge in [-0.3, -0.25) is 9.59 Å². The fourth-order valence-electron chi connectivity index (χ4n) is 2.60. The zero-order chi connectivity index (χ0) is 14.8. The van der Waals surface area contributed by atoms with Gasteiger partial charge in [-0.25, -0.2) is 4.39 Å². The van der Waals surface area contributed by atoms with Gasteiger partial charge in [0.25, 0.3) is 0 Å². The van der Waals surface area contributed by atoms with Crippen LogP contribution in [0.15, 0.2) is 18.2 Å². The molecule has 1 amide bonds. The molecule has 1 aromatic carbocycles. The molecule has 0 radical (unpaired) electrons. The molecule has 0 heterocycles. The van der Waals surface area contributed by atoms with Gasteiger partial charge in [-0.15, -0.1) is 0 Å². The molecule has 2 rings (SSSR count). The SMILES string of the molecule is O=C(CC1(C(=O)O)CCCC1)Nc1ccc(Cl)c(F)c1. The molecular formula is C14H15ClFNO3. The lowest BCUT2D eigenvalue weighted by Crippen LogP contribution is -2.32. The Balaban J connectivity index is 2.04. The quantitative estimate of drug-likeness (QED) is 0.895. The highest BCUT2D eigenvalue weighted by atomic mass is 35.5. The number of halogens is 2. The van der Waals surface area contributed by atoms with Crippen LogP contribution < -0.4 is 5.32 Å². The van der Waals surface area contributed by atoms with Crippen molar-refractivity contribution in [1.29, 1.82) is 0 Å². The predicted octanol–water partition coefficient (Wildman–Crippen LogP) is 3.45. The number of anilines is 1. The third-order valence-corrected chi connectivity index (χ3v) is 4.02. The minimum atomic E-state index is -0.977. The van der Waals surface area contributed by atoms with Crippen LogP contribution >= 0.6 is 11.6 Å². The molecule has 1 saturated carbocycles. The van der Waals surface area contributed by atoms with Crippen LogP contribution in [0.5, 0.6) is 0 Å². The van der Waals surface area contributed by atoms with Crippen molar-refractivity contribution < 1.29 is 19.1 Å². The van der Waals surface area contributed by atoms with E-state index in [9.17, 15) is 19.1 Å². The Morgan fingerprint density at radius 2 is 2.00 bits per heavy atom. The van der Waals surface area contributed by atoms with Gasteiger partial charge in [-0.05, 0) is 31.0 Å². The number of hydrogen-bond donors (Lipinski definition) is 2. The number of rotatable bonds is 4. The van der Waals surface area contributed by atoms with E-state index in [1.54, 1.807) is 0 Å². The second-order valence-corrected chi connectivity index (χ2v) is 5.55. The lowest BCUT2D eigenvalue weighted by molar-refractivity contribution is -0.150. The fourth-order valence-corrected chi connectivity index (χ4v) is 2.72. The first-order chi connectivity index (χ1) is 9.43. The highest BCUT2D eigenvalue weighted by molar-refractivity contribution is 6.30. The molecule has 20 heavy (non-hydrogen) atoms. The summed E-state index contributed by atoms with van der Waals surface area (Å²) in [7, 11) is 0. The van der Waals surface area contributed by atoms with Crippen molar-refractivity contribution >= 4 is 29.2 Å². The molecule has 1 fully saturated rings. The van der Waals surface area contributed by atoms with Crippen LogP contribution in [-0.2, 0) is 9.59 Å². The highest BCUT2D eigenvalue weighted by Crippen LogP contribution is 2.41. The minimum absolute atomic E-state index is 0.0270. The third-order valence-electron chi connectivity index (χ3n) is 3.72. The molecule has 0 aromatic heterocycles. The Kier molecular flexibility index (Phi) is 4.28. The number of carbonyl (C=O) groups excluding carboxylic acids is 1. The fraction of sp³-hybridized carbons (Fsp3) is 0.429. The van der Waals surface area contributed by atoms with Crippen LogP contribution in [0, 0.1) is 11.2 Å². The molecule has 0 spiro atoms. The molecule has 6 heteroatoms. The lowest BCUT2D eigenvalue weighted by Gasteiger charge is -2.22. The van der Waals surface area contributed by atoms with Crippen LogP contribution in [0.4, 0.5) is 10.1 Å². The van der Waals surface area contributed by atoms with Gasteiger partial charge in [0.15, 0.2) is 0 Å². The second kappa shape index (κ2) is 5.79. The maximum Gasteiger partial charge on any atom is 0.310 e. The number of carboxylic acid groups (broad SMARTS) is 1. The van der Waals surface area contributed by atoms with Crippen LogP contribution in [0.1, 0.15) is 32.1 Å². The molecule has 0 unspecified atom stereocenters. The first kappa shape index (κ1) is 14.8. The van der Waals surface area contributed by atoms with E-state index in [0.29, 0.717) is 12.8 Å². The van der Waals surface area contributed by atoms with Gasteiger partial charge in [0.05, 0.1) is 10.4 Å². The normalized spacial score (nSPS) is 16.9. The summed E-state index contributed by atoms with van der Waals surface area (Å²) in [6, 6.07) is 3.93. The van der Waals surface area contributed by atoms with Gasteiger partial charge in [-0.1, -0.05) is 24.4 Å². The van der Waals surface area contributed by atoms with Crippen molar-refractivity contribution in [2.45, 2.75) is 32.1 Å². The van der Waals surface area contributed by atoms with E-state index in [1.807, 2.05) is 0 Å². The number of benzene rings is 1. The molecule has 1 aliphatic rings. The van der Waals surface area contributed by atoms with Gasteiger partial charge < -0.3 is 10.4 Å². The molecule has 1 aromatic rings. The zero-order valence-electron chi connectivity index (χ0n) is 10.8. The van der Waals surface area contributed by atoms with Crippen LogP contribution in [0.3, 0.4) is 0 Å². The van der Waals surface area contributed by atoms with Crippen LogP contribution in [0.25, 0.3) is 0 Å². The van der Waals surface area contributed by atoms with Crippen molar-refractivity contribution in [2.75, 3.05) is 5.32 Å². The number of carbonyl (C=O) groups is 2. The average Bonchev–Trinajstić information content (AvgIpc) is 2.83.